The molecule has 0 bridgehead atoms. The molecule has 30 heavy (non-hydrogen) atoms. The smallest absolute Gasteiger partial charge is 0.372 e. The van der Waals surface area contributed by atoms with Crippen LogP contribution in [-0.4, -0.2) is 31.9 Å². The summed E-state index contributed by atoms with van der Waals surface area (Å²) in [4.78, 5) is 31.8. The summed E-state index contributed by atoms with van der Waals surface area (Å²) in [6.07, 6.45) is 0.719. The average molecular weight is 401 g/mol. The Morgan fingerprint density at radius 3 is 2.63 bits per heavy atom. The predicted octanol–water partition coefficient (Wildman–Crippen LogP) is 3.88. The van der Waals surface area contributed by atoms with E-state index in [2.05, 4.69) is 9.97 Å². The topological polar surface area (TPSA) is 94.3 Å². The van der Waals surface area contributed by atoms with E-state index in [1.807, 2.05) is 49.4 Å². The molecule has 2 heterocycles. The van der Waals surface area contributed by atoms with E-state index in [-0.39, 0.29) is 12.4 Å². The van der Waals surface area contributed by atoms with E-state index in [1.165, 1.54) is 0 Å². The number of carbonyl (C=O) groups is 2. The number of hydrogen-bond acceptors (Lipinski definition) is 5. The Balaban J connectivity index is 1.74. The van der Waals surface area contributed by atoms with Gasteiger partial charge in [-0.15, -0.1) is 0 Å². The summed E-state index contributed by atoms with van der Waals surface area (Å²) < 4.78 is 7.53. The number of aromatic nitrogens is 3. The first-order valence-electron chi connectivity index (χ1n) is 9.37. The number of benzene rings is 2. The van der Waals surface area contributed by atoms with Gasteiger partial charge in [0.2, 0.25) is 5.82 Å². The number of ether oxygens (including phenoxy) is 1. The zero-order chi connectivity index (χ0) is 21.1. The van der Waals surface area contributed by atoms with Crippen molar-refractivity contribution in [1.82, 2.24) is 14.5 Å². The molecule has 0 spiro atoms. The van der Waals surface area contributed by atoms with Gasteiger partial charge >= 0.3 is 5.97 Å². The van der Waals surface area contributed by atoms with Crippen LogP contribution < -0.4 is 4.74 Å². The molecule has 150 valence electrons. The molecule has 2 aromatic carbocycles. The van der Waals surface area contributed by atoms with E-state index in [0.29, 0.717) is 34.6 Å². The Kier molecular flexibility index (Phi) is 5.26. The van der Waals surface area contributed by atoms with Crippen LogP contribution in [0.5, 0.6) is 5.75 Å². The molecule has 7 nitrogen and oxygen atoms in total. The number of carbonyl (C=O) groups excluding carboxylic acids is 1. The van der Waals surface area contributed by atoms with Crippen molar-refractivity contribution in [2.75, 3.05) is 0 Å². The normalized spacial score (nSPS) is 10.8. The van der Waals surface area contributed by atoms with Crippen LogP contribution in [0.15, 0.2) is 60.7 Å². The zero-order valence-corrected chi connectivity index (χ0v) is 16.3. The van der Waals surface area contributed by atoms with Gasteiger partial charge in [-0.3, -0.25) is 9.78 Å². The van der Waals surface area contributed by atoms with Crippen LogP contribution in [-0.2, 0) is 13.2 Å². The summed E-state index contributed by atoms with van der Waals surface area (Å²) in [5.74, 6) is -0.710. The molecule has 0 fully saturated rings. The Bertz CT molecular complexity index is 1230. The lowest BCUT2D eigenvalue weighted by Crippen LogP contribution is -2.13. The lowest BCUT2D eigenvalue weighted by atomic mass is 10.2. The van der Waals surface area contributed by atoms with Crippen molar-refractivity contribution in [3.05, 3.63) is 89.0 Å². The number of carboxylic acid groups (broad SMARTS) is 1. The second kappa shape index (κ2) is 8.16. The SMILES string of the molecule is Cc1ccc(OCc2ccccc2)c(Cn2c(C(=O)O)nc3ccc(C=O)cc32)n1. The summed E-state index contributed by atoms with van der Waals surface area (Å²) in [6, 6.07) is 18.3. The highest BCUT2D eigenvalue weighted by molar-refractivity contribution is 5.92. The van der Waals surface area contributed by atoms with Gasteiger partial charge in [-0.05, 0) is 42.8 Å². The summed E-state index contributed by atoms with van der Waals surface area (Å²) >= 11 is 0. The maximum absolute atomic E-state index is 11.8. The van der Waals surface area contributed by atoms with Gasteiger partial charge in [-0.25, -0.2) is 9.78 Å². The number of aromatic carboxylic acids is 1. The highest BCUT2D eigenvalue weighted by atomic mass is 16.5. The molecule has 0 saturated heterocycles. The van der Waals surface area contributed by atoms with Crippen LogP contribution in [0.4, 0.5) is 0 Å². The van der Waals surface area contributed by atoms with E-state index in [9.17, 15) is 14.7 Å². The Morgan fingerprint density at radius 2 is 1.90 bits per heavy atom. The molecule has 0 aliphatic heterocycles. The van der Waals surface area contributed by atoms with Crippen LogP contribution in [0, 0.1) is 6.92 Å². The van der Waals surface area contributed by atoms with Crippen molar-refractivity contribution in [1.29, 1.82) is 0 Å². The third kappa shape index (κ3) is 3.91. The van der Waals surface area contributed by atoms with Gasteiger partial charge in [-0.1, -0.05) is 30.3 Å². The highest BCUT2D eigenvalue weighted by Crippen LogP contribution is 2.24. The van der Waals surface area contributed by atoms with Gasteiger partial charge in [0.25, 0.3) is 0 Å². The van der Waals surface area contributed by atoms with Crippen molar-refractivity contribution >= 4 is 23.3 Å². The predicted molar refractivity (Wildman–Crippen MR) is 111 cm³/mol. The average Bonchev–Trinajstić information content (AvgIpc) is 3.12. The second-order valence-corrected chi connectivity index (χ2v) is 6.86. The van der Waals surface area contributed by atoms with Gasteiger partial charge in [-0.2, -0.15) is 0 Å². The van der Waals surface area contributed by atoms with Crippen LogP contribution in [0.1, 0.15) is 37.9 Å². The molecule has 0 aliphatic rings. The van der Waals surface area contributed by atoms with Gasteiger partial charge in [0.1, 0.15) is 24.3 Å². The first kappa shape index (κ1) is 19.3. The Hall–Kier alpha value is -4.00. The van der Waals surface area contributed by atoms with Crippen molar-refractivity contribution in [3.8, 4) is 5.75 Å². The van der Waals surface area contributed by atoms with E-state index < -0.39 is 5.97 Å². The van der Waals surface area contributed by atoms with E-state index in [1.54, 1.807) is 22.8 Å². The number of rotatable bonds is 7. The molecule has 0 atom stereocenters. The summed E-state index contributed by atoms with van der Waals surface area (Å²) in [5.41, 5.74) is 3.88. The van der Waals surface area contributed by atoms with Crippen LogP contribution in [0.25, 0.3) is 11.0 Å². The van der Waals surface area contributed by atoms with Gasteiger partial charge < -0.3 is 14.4 Å². The number of hydrogen-bond donors (Lipinski definition) is 1. The molecule has 0 radical (unpaired) electrons. The lowest BCUT2D eigenvalue weighted by molar-refractivity contribution is 0.0679. The van der Waals surface area contributed by atoms with Crippen molar-refractivity contribution in [2.45, 2.75) is 20.1 Å². The minimum absolute atomic E-state index is 0.120. The van der Waals surface area contributed by atoms with Crippen molar-refractivity contribution in [3.63, 3.8) is 0 Å². The second-order valence-electron chi connectivity index (χ2n) is 6.86. The lowest BCUT2D eigenvalue weighted by Gasteiger charge is -2.13. The summed E-state index contributed by atoms with van der Waals surface area (Å²) in [5, 5.41) is 9.64. The minimum atomic E-state index is -1.15. The third-order valence-corrected chi connectivity index (χ3v) is 4.72. The zero-order valence-electron chi connectivity index (χ0n) is 16.3. The molecule has 4 aromatic rings. The first-order valence-corrected chi connectivity index (χ1v) is 9.37. The standard InChI is InChI=1S/C23H19N3O4/c1-15-7-10-21(30-14-16-5-3-2-4-6-16)19(24-15)12-26-20-11-17(13-27)8-9-18(20)25-22(26)23(28)29/h2-11,13H,12,14H2,1H3,(H,28,29). The molecule has 0 saturated carbocycles. The number of aldehydes is 1. The van der Waals surface area contributed by atoms with Crippen molar-refractivity contribution in [2.24, 2.45) is 0 Å². The molecule has 0 aliphatic carbocycles. The van der Waals surface area contributed by atoms with E-state index >= 15 is 0 Å². The minimum Gasteiger partial charge on any atom is -0.487 e. The van der Waals surface area contributed by atoms with Crippen LogP contribution in [0.3, 0.4) is 0 Å². The number of carboxylic acids is 1. The molecule has 0 unspecified atom stereocenters. The fourth-order valence-electron chi connectivity index (χ4n) is 3.26. The Labute approximate surface area is 172 Å². The molecule has 7 heteroatoms. The highest BCUT2D eigenvalue weighted by Gasteiger charge is 2.19. The quantitative estimate of drug-likeness (QED) is 0.472. The first-order chi connectivity index (χ1) is 14.5. The Morgan fingerprint density at radius 1 is 1.10 bits per heavy atom. The number of nitrogens with zero attached hydrogens (tertiary/aromatic N) is 3. The van der Waals surface area contributed by atoms with E-state index in [4.69, 9.17) is 4.74 Å². The molecule has 4 rings (SSSR count). The number of fused-ring (bicyclic) bond motifs is 1. The van der Waals surface area contributed by atoms with Crippen LogP contribution >= 0.6 is 0 Å². The number of aryl methyl sites for hydroxylation is 1. The van der Waals surface area contributed by atoms with Gasteiger partial charge in [0.15, 0.2) is 0 Å². The monoisotopic (exact) mass is 401 g/mol. The molecule has 1 N–H and O–H groups in total. The van der Waals surface area contributed by atoms with Crippen molar-refractivity contribution < 1.29 is 19.4 Å². The molecule has 0 amide bonds. The maximum atomic E-state index is 11.8. The molecular weight excluding hydrogens is 382 g/mol. The largest absolute Gasteiger partial charge is 0.487 e. The fraction of sp³-hybridized carbons (Fsp3) is 0.130. The van der Waals surface area contributed by atoms with Gasteiger partial charge in [0, 0.05) is 11.3 Å². The van der Waals surface area contributed by atoms with E-state index in [0.717, 1.165) is 17.5 Å². The fourth-order valence-corrected chi connectivity index (χ4v) is 3.26. The summed E-state index contributed by atoms with van der Waals surface area (Å²) in [7, 11) is 0. The number of imidazole rings is 1. The molecule has 2 aromatic heterocycles. The summed E-state index contributed by atoms with van der Waals surface area (Å²) in [6.45, 7) is 2.37. The van der Waals surface area contributed by atoms with Crippen LogP contribution in [0.2, 0.25) is 0 Å². The number of pyridine rings is 1. The maximum Gasteiger partial charge on any atom is 0.372 e. The third-order valence-electron chi connectivity index (χ3n) is 4.72. The van der Waals surface area contributed by atoms with Gasteiger partial charge in [0.05, 0.1) is 17.6 Å². The molecular formula is C23H19N3O4.